The van der Waals surface area contributed by atoms with E-state index in [-0.39, 0.29) is 12.7 Å². The smallest absolute Gasteiger partial charge is 0.213 e. The summed E-state index contributed by atoms with van der Waals surface area (Å²) in [5.41, 5.74) is 14.6. The van der Waals surface area contributed by atoms with Crippen LogP contribution in [0.3, 0.4) is 0 Å². The summed E-state index contributed by atoms with van der Waals surface area (Å²) in [4.78, 5) is 7.83. The number of ether oxygens (including phenoxy) is 1. The molecule has 3 heterocycles. The van der Waals surface area contributed by atoms with Crippen molar-refractivity contribution in [1.82, 2.24) is 15.1 Å². The minimum Gasteiger partial charge on any atom is -0.384 e. The van der Waals surface area contributed by atoms with Gasteiger partial charge in [-0.25, -0.2) is 9.97 Å². The van der Waals surface area contributed by atoms with Crippen LogP contribution in [0, 0.1) is 5.95 Å². The molecule has 0 amide bonds. The average Bonchev–Trinajstić information content (AvgIpc) is 3.16. The second kappa shape index (κ2) is 8.24. The van der Waals surface area contributed by atoms with Gasteiger partial charge < -0.3 is 20.7 Å². The van der Waals surface area contributed by atoms with E-state index in [0.29, 0.717) is 35.1 Å². The predicted octanol–water partition coefficient (Wildman–Crippen LogP) is 3.45. The molecule has 0 bridgehead atoms. The molecule has 4 N–H and O–H groups in total. The monoisotopic (exact) mass is 393 g/mol. The highest BCUT2D eigenvalue weighted by molar-refractivity contribution is 5.71. The van der Waals surface area contributed by atoms with Crippen LogP contribution in [0.1, 0.15) is 17.8 Å². The summed E-state index contributed by atoms with van der Waals surface area (Å²) >= 11 is 0. The molecule has 4 rings (SSSR count). The van der Waals surface area contributed by atoms with E-state index in [1.54, 1.807) is 24.3 Å². The third kappa shape index (κ3) is 4.67. The Kier molecular flexibility index (Phi) is 5.35. The maximum absolute atomic E-state index is 13.1. The van der Waals surface area contributed by atoms with Crippen molar-refractivity contribution in [2.75, 3.05) is 11.5 Å². The Morgan fingerprint density at radius 3 is 2.79 bits per heavy atom. The molecule has 0 radical (unpaired) electrons. The van der Waals surface area contributed by atoms with Crippen molar-refractivity contribution in [3.63, 3.8) is 0 Å². The Bertz CT molecular complexity index is 1080. The molecule has 1 aliphatic rings. The van der Waals surface area contributed by atoms with E-state index in [1.165, 1.54) is 6.07 Å². The molecule has 0 aliphatic heterocycles. The van der Waals surface area contributed by atoms with Gasteiger partial charge in [-0.1, -0.05) is 29.5 Å². The fourth-order valence-corrected chi connectivity index (χ4v) is 3.05. The number of hydrogen-bond donors (Lipinski definition) is 2. The summed E-state index contributed by atoms with van der Waals surface area (Å²) in [6.45, 7) is 0.264. The van der Waals surface area contributed by atoms with Gasteiger partial charge in [0.15, 0.2) is 5.76 Å². The van der Waals surface area contributed by atoms with Crippen LogP contribution in [0.25, 0.3) is 11.3 Å². The minimum atomic E-state index is -0.504. The number of hydrogen-bond acceptors (Lipinski definition) is 7. The normalized spacial score (nSPS) is 16.0. The zero-order chi connectivity index (χ0) is 20.2. The lowest BCUT2D eigenvalue weighted by molar-refractivity contribution is 0.0704. The highest BCUT2D eigenvalue weighted by Gasteiger charge is 2.14. The topological polar surface area (TPSA) is 113 Å². The van der Waals surface area contributed by atoms with E-state index >= 15 is 0 Å². The van der Waals surface area contributed by atoms with Gasteiger partial charge in [-0.2, -0.15) is 4.39 Å². The molecule has 0 saturated carbocycles. The molecule has 0 spiro atoms. The van der Waals surface area contributed by atoms with E-state index in [4.69, 9.17) is 20.7 Å². The molecule has 1 unspecified atom stereocenters. The maximum atomic E-state index is 13.1. The molecule has 8 heteroatoms. The van der Waals surface area contributed by atoms with Crippen LogP contribution in [-0.4, -0.2) is 21.2 Å². The lowest BCUT2D eigenvalue weighted by Gasteiger charge is -2.16. The van der Waals surface area contributed by atoms with Crippen LogP contribution in [0.2, 0.25) is 0 Å². The molecule has 0 fully saturated rings. The highest BCUT2D eigenvalue weighted by Crippen LogP contribution is 2.27. The molecule has 0 aromatic carbocycles. The molecular formula is C21H20FN5O2. The van der Waals surface area contributed by atoms with Crippen LogP contribution in [-0.2, 0) is 17.8 Å². The standard InChI is InChI=1S/C21H20FN5O2/c22-19-3-1-2-14(25-19)12-28-16-6-4-13(5-7-16)10-15-11-18(29-27-15)17-8-9-20(23)26-21(17)24/h1-6,8-9,11,16H,7,10,12H2,(H4,23,24,26). The van der Waals surface area contributed by atoms with E-state index < -0.39 is 5.95 Å². The summed E-state index contributed by atoms with van der Waals surface area (Å²) in [5, 5.41) is 4.11. The van der Waals surface area contributed by atoms with Crippen LogP contribution in [0.15, 0.2) is 64.7 Å². The number of anilines is 2. The van der Waals surface area contributed by atoms with Crippen molar-refractivity contribution in [1.29, 1.82) is 0 Å². The van der Waals surface area contributed by atoms with Gasteiger partial charge >= 0.3 is 0 Å². The summed E-state index contributed by atoms with van der Waals surface area (Å²) < 4.78 is 24.3. The first-order valence-electron chi connectivity index (χ1n) is 9.15. The van der Waals surface area contributed by atoms with Gasteiger partial charge in [0.2, 0.25) is 5.95 Å². The van der Waals surface area contributed by atoms with Crippen LogP contribution in [0.4, 0.5) is 16.0 Å². The zero-order valence-corrected chi connectivity index (χ0v) is 15.6. The Morgan fingerprint density at radius 2 is 2.03 bits per heavy atom. The van der Waals surface area contributed by atoms with Crippen LogP contribution in [0.5, 0.6) is 0 Å². The molecule has 1 atom stereocenters. The van der Waals surface area contributed by atoms with E-state index in [1.807, 2.05) is 18.2 Å². The maximum Gasteiger partial charge on any atom is 0.213 e. The predicted molar refractivity (Wildman–Crippen MR) is 107 cm³/mol. The zero-order valence-electron chi connectivity index (χ0n) is 15.6. The molecule has 148 valence electrons. The minimum absolute atomic E-state index is 0.0719. The van der Waals surface area contributed by atoms with Crippen molar-refractivity contribution in [2.24, 2.45) is 0 Å². The lowest BCUT2D eigenvalue weighted by atomic mass is 10.0. The largest absolute Gasteiger partial charge is 0.384 e. The van der Waals surface area contributed by atoms with E-state index in [2.05, 4.69) is 21.2 Å². The summed E-state index contributed by atoms with van der Waals surface area (Å²) in [6.07, 6.45) is 7.36. The van der Waals surface area contributed by atoms with Gasteiger partial charge in [0.25, 0.3) is 0 Å². The Labute approximate surface area is 166 Å². The van der Waals surface area contributed by atoms with E-state index in [0.717, 1.165) is 17.7 Å². The summed E-state index contributed by atoms with van der Waals surface area (Å²) in [5.74, 6) is 0.704. The van der Waals surface area contributed by atoms with Crippen molar-refractivity contribution < 1.29 is 13.7 Å². The Morgan fingerprint density at radius 1 is 1.14 bits per heavy atom. The first-order chi connectivity index (χ1) is 14.1. The number of halogens is 1. The number of pyridine rings is 2. The first kappa shape index (κ1) is 18.8. The number of aromatic nitrogens is 3. The molecule has 3 aromatic rings. The van der Waals surface area contributed by atoms with Crippen molar-refractivity contribution in [3.05, 3.63) is 77.5 Å². The second-order valence-corrected chi connectivity index (χ2v) is 6.70. The van der Waals surface area contributed by atoms with Gasteiger partial charge in [-0.15, -0.1) is 0 Å². The van der Waals surface area contributed by atoms with Gasteiger partial charge in [-0.05, 0) is 36.3 Å². The number of allylic oxidation sites excluding steroid dienone is 2. The Hall–Kier alpha value is -3.52. The number of nitrogens with zero attached hydrogens (tertiary/aromatic N) is 3. The van der Waals surface area contributed by atoms with Crippen LogP contribution >= 0.6 is 0 Å². The third-order valence-electron chi connectivity index (χ3n) is 4.51. The van der Waals surface area contributed by atoms with Gasteiger partial charge in [0.1, 0.15) is 11.6 Å². The third-order valence-corrected chi connectivity index (χ3v) is 4.51. The fraction of sp³-hybridized carbons (Fsp3) is 0.190. The molecule has 7 nitrogen and oxygen atoms in total. The van der Waals surface area contributed by atoms with Gasteiger partial charge in [-0.3, -0.25) is 0 Å². The fourth-order valence-electron chi connectivity index (χ4n) is 3.05. The number of nitrogens with two attached hydrogens (primary N) is 2. The SMILES string of the molecule is Nc1ccc(-c2cc(CC3=CCC(OCc4cccc(F)n4)C=C3)no2)c(N)n1. The van der Waals surface area contributed by atoms with Crippen molar-refractivity contribution >= 4 is 11.6 Å². The highest BCUT2D eigenvalue weighted by atomic mass is 19.1. The summed E-state index contributed by atoms with van der Waals surface area (Å²) in [7, 11) is 0. The molecule has 0 saturated heterocycles. The number of rotatable bonds is 6. The van der Waals surface area contributed by atoms with Gasteiger partial charge in [0, 0.05) is 12.5 Å². The molecule has 3 aromatic heterocycles. The first-order valence-corrected chi connectivity index (χ1v) is 9.15. The molecule has 29 heavy (non-hydrogen) atoms. The quantitative estimate of drug-likeness (QED) is 0.617. The number of nitrogen functional groups attached to an aromatic ring is 2. The van der Waals surface area contributed by atoms with Crippen LogP contribution < -0.4 is 11.5 Å². The summed E-state index contributed by atoms with van der Waals surface area (Å²) in [6, 6.07) is 9.94. The lowest BCUT2D eigenvalue weighted by Crippen LogP contribution is -2.12. The second-order valence-electron chi connectivity index (χ2n) is 6.70. The van der Waals surface area contributed by atoms with Crippen molar-refractivity contribution in [2.45, 2.75) is 25.6 Å². The van der Waals surface area contributed by atoms with Crippen molar-refractivity contribution in [3.8, 4) is 11.3 Å². The molecular weight excluding hydrogens is 373 g/mol. The Balaban J connectivity index is 1.33. The average molecular weight is 393 g/mol. The van der Waals surface area contributed by atoms with Gasteiger partial charge in [0.05, 0.1) is 29.7 Å². The molecule has 1 aliphatic carbocycles. The van der Waals surface area contributed by atoms with E-state index in [9.17, 15) is 4.39 Å².